The van der Waals surface area contributed by atoms with E-state index < -0.39 is 0 Å². The molecule has 2 aromatic rings. The van der Waals surface area contributed by atoms with Crippen LogP contribution in [0.25, 0.3) is 0 Å². The first kappa shape index (κ1) is 23.8. The summed E-state index contributed by atoms with van der Waals surface area (Å²) >= 11 is 0. The Kier molecular flexibility index (Phi) is 7.63. The van der Waals surface area contributed by atoms with Crippen molar-refractivity contribution in [3.63, 3.8) is 0 Å². The molecule has 2 fully saturated rings. The Morgan fingerprint density at radius 1 is 0.914 bits per heavy atom. The van der Waals surface area contributed by atoms with Crippen LogP contribution in [0.15, 0.2) is 90.6 Å². The van der Waals surface area contributed by atoms with Crippen LogP contribution < -0.4 is 0 Å². The molecule has 2 saturated heterocycles. The molecule has 1 unspecified atom stereocenters. The normalized spacial score (nSPS) is 23.3. The molecule has 35 heavy (non-hydrogen) atoms. The largest absolute Gasteiger partial charge is 0.341 e. The van der Waals surface area contributed by atoms with Crippen molar-refractivity contribution in [1.29, 1.82) is 0 Å². The van der Waals surface area contributed by atoms with E-state index in [-0.39, 0.29) is 6.04 Å². The number of amides is 1. The number of carbonyl (C=O) groups excluding carboxylic acids is 1. The fourth-order valence-electron chi connectivity index (χ4n) is 6.06. The third kappa shape index (κ3) is 5.85. The Hall–Kier alpha value is -2.91. The van der Waals surface area contributed by atoms with Crippen LogP contribution in [0.3, 0.4) is 0 Å². The Labute approximate surface area is 210 Å². The van der Waals surface area contributed by atoms with Gasteiger partial charge in [-0.2, -0.15) is 0 Å². The second-order valence-electron chi connectivity index (χ2n) is 10.5. The first-order valence-corrected chi connectivity index (χ1v) is 13.3. The standard InChI is InChI=1S/C32H38N2O/c1-25-10-9-13-28(22-25)23-26-18-20-33(21-19-26)32(35)31-17-16-30(29-14-7-2-3-8-15-29)34(31)24-27-11-5-4-6-12-27/h2,4-15,22,26,30-31H,3,16-21,23-24H2,1H3/t30?,31-/m0/s1. The lowest BCUT2D eigenvalue weighted by Crippen LogP contribution is -2.50. The third-order valence-electron chi connectivity index (χ3n) is 7.93. The van der Waals surface area contributed by atoms with Gasteiger partial charge in [0.05, 0.1) is 6.04 Å². The number of benzene rings is 2. The Balaban J connectivity index is 1.27. The SMILES string of the molecule is Cc1cccc(CC2CCN(C(=O)[C@@H]3CCC(C4=CC=CCC=C4)N3Cc3ccccc3)CC2)c1. The van der Waals surface area contributed by atoms with Gasteiger partial charge in [0.1, 0.15) is 0 Å². The summed E-state index contributed by atoms with van der Waals surface area (Å²) in [5.74, 6) is 1.01. The van der Waals surface area contributed by atoms with Crippen molar-refractivity contribution in [2.24, 2.45) is 5.92 Å². The van der Waals surface area contributed by atoms with E-state index in [1.54, 1.807) is 0 Å². The van der Waals surface area contributed by atoms with Crippen molar-refractivity contribution < 1.29 is 4.79 Å². The minimum absolute atomic E-state index is 0.0324. The summed E-state index contributed by atoms with van der Waals surface area (Å²) in [6.45, 7) is 4.76. The monoisotopic (exact) mass is 466 g/mol. The Bertz CT molecular complexity index is 1090. The highest BCUT2D eigenvalue weighted by Gasteiger charge is 2.41. The van der Waals surface area contributed by atoms with E-state index in [9.17, 15) is 4.79 Å². The molecule has 2 atom stereocenters. The molecule has 1 amide bonds. The highest BCUT2D eigenvalue weighted by atomic mass is 16.2. The van der Waals surface area contributed by atoms with Crippen molar-refractivity contribution in [2.45, 2.75) is 64.1 Å². The molecule has 0 spiro atoms. The van der Waals surface area contributed by atoms with Crippen molar-refractivity contribution >= 4 is 5.91 Å². The average Bonchev–Trinajstić information content (AvgIpc) is 3.09. The third-order valence-corrected chi connectivity index (χ3v) is 7.93. The maximum Gasteiger partial charge on any atom is 0.239 e. The van der Waals surface area contributed by atoms with Crippen molar-refractivity contribution in [3.8, 4) is 0 Å². The van der Waals surface area contributed by atoms with Crippen molar-refractivity contribution in [2.75, 3.05) is 13.1 Å². The predicted molar refractivity (Wildman–Crippen MR) is 144 cm³/mol. The average molecular weight is 467 g/mol. The summed E-state index contributed by atoms with van der Waals surface area (Å²) in [6, 6.07) is 19.8. The number of allylic oxidation sites excluding steroid dienone is 4. The first-order valence-electron chi connectivity index (χ1n) is 13.3. The molecule has 0 N–H and O–H groups in total. The zero-order valence-electron chi connectivity index (χ0n) is 21.0. The van der Waals surface area contributed by atoms with Gasteiger partial charge in [-0.3, -0.25) is 9.69 Å². The molecule has 0 bridgehead atoms. The second kappa shape index (κ2) is 11.2. The lowest BCUT2D eigenvalue weighted by atomic mass is 9.89. The molecule has 5 rings (SSSR count). The molecule has 0 radical (unpaired) electrons. The molecule has 2 aliphatic heterocycles. The number of hydrogen-bond acceptors (Lipinski definition) is 2. The number of nitrogens with zero attached hydrogens (tertiary/aromatic N) is 2. The molecule has 2 heterocycles. The van der Waals surface area contributed by atoms with Crippen LogP contribution in [-0.4, -0.2) is 40.9 Å². The molecule has 3 heteroatoms. The van der Waals surface area contributed by atoms with Crippen LogP contribution in [0.2, 0.25) is 0 Å². The van der Waals surface area contributed by atoms with Gasteiger partial charge >= 0.3 is 0 Å². The molecule has 0 saturated carbocycles. The number of hydrogen-bond donors (Lipinski definition) is 0. The van der Waals surface area contributed by atoms with E-state index in [0.29, 0.717) is 17.9 Å². The van der Waals surface area contributed by atoms with Crippen LogP contribution >= 0.6 is 0 Å². The van der Waals surface area contributed by atoms with Crippen LogP contribution in [-0.2, 0) is 17.8 Å². The molecule has 182 valence electrons. The van der Waals surface area contributed by atoms with E-state index in [1.165, 1.54) is 22.3 Å². The van der Waals surface area contributed by atoms with Gasteiger partial charge in [0.2, 0.25) is 5.91 Å². The molecule has 2 aromatic carbocycles. The van der Waals surface area contributed by atoms with Gasteiger partial charge < -0.3 is 4.90 Å². The molecule has 1 aliphatic carbocycles. The zero-order chi connectivity index (χ0) is 24.0. The summed E-state index contributed by atoms with van der Waals surface area (Å²) in [6.07, 6.45) is 17.4. The maximum absolute atomic E-state index is 13.8. The topological polar surface area (TPSA) is 23.6 Å². The minimum Gasteiger partial charge on any atom is -0.341 e. The second-order valence-corrected chi connectivity index (χ2v) is 10.5. The van der Waals surface area contributed by atoms with E-state index in [1.807, 2.05) is 0 Å². The molecule has 3 nitrogen and oxygen atoms in total. The summed E-state index contributed by atoms with van der Waals surface area (Å²) in [7, 11) is 0. The van der Waals surface area contributed by atoms with E-state index in [0.717, 1.165) is 58.2 Å². The van der Waals surface area contributed by atoms with Gasteiger partial charge in [0, 0.05) is 25.7 Å². The van der Waals surface area contributed by atoms with Gasteiger partial charge in [-0.05, 0) is 68.1 Å². The van der Waals surface area contributed by atoms with Crippen molar-refractivity contribution in [3.05, 3.63) is 107 Å². The van der Waals surface area contributed by atoms with Gasteiger partial charge in [-0.15, -0.1) is 0 Å². The quantitative estimate of drug-likeness (QED) is 0.502. The van der Waals surface area contributed by atoms with Gasteiger partial charge in [0.25, 0.3) is 0 Å². The van der Waals surface area contributed by atoms with Gasteiger partial charge in [-0.25, -0.2) is 0 Å². The van der Waals surface area contributed by atoms with Gasteiger partial charge in [0.15, 0.2) is 0 Å². The summed E-state index contributed by atoms with van der Waals surface area (Å²) < 4.78 is 0. The smallest absolute Gasteiger partial charge is 0.239 e. The number of rotatable bonds is 6. The molecule has 3 aliphatic rings. The zero-order valence-corrected chi connectivity index (χ0v) is 21.0. The molecule has 0 aromatic heterocycles. The van der Waals surface area contributed by atoms with Crippen LogP contribution in [0, 0.1) is 12.8 Å². The van der Waals surface area contributed by atoms with Crippen LogP contribution in [0.1, 0.15) is 48.8 Å². The van der Waals surface area contributed by atoms with Crippen LogP contribution in [0.4, 0.5) is 0 Å². The number of likely N-dealkylation sites (tertiary alicyclic amines) is 2. The molecular formula is C32H38N2O. The predicted octanol–water partition coefficient (Wildman–Crippen LogP) is 6.25. The lowest BCUT2D eigenvalue weighted by Gasteiger charge is -2.37. The molecular weight excluding hydrogens is 428 g/mol. The van der Waals surface area contributed by atoms with Crippen LogP contribution in [0.5, 0.6) is 0 Å². The highest BCUT2D eigenvalue weighted by molar-refractivity contribution is 5.82. The maximum atomic E-state index is 13.8. The number of piperidine rings is 1. The van der Waals surface area contributed by atoms with E-state index in [4.69, 9.17) is 0 Å². The number of carbonyl (C=O) groups is 1. The summed E-state index contributed by atoms with van der Waals surface area (Å²) in [4.78, 5) is 18.5. The summed E-state index contributed by atoms with van der Waals surface area (Å²) in [5.41, 5.74) is 5.38. The Morgan fingerprint density at radius 3 is 2.51 bits per heavy atom. The van der Waals surface area contributed by atoms with E-state index in [2.05, 4.69) is 102 Å². The fourth-order valence-corrected chi connectivity index (χ4v) is 6.06. The minimum atomic E-state index is -0.0324. The fraction of sp³-hybridized carbons (Fsp3) is 0.406. The van der Waals surface area contributed by atoms with Gasteiger partial charge in [-0.1, -0.05) is 90.5 Å². The van der Waals surface area contributed by atoms with Crippen molar-refractivity contribution in [1.82, 2.24) is 9.80 Å². The Morgan fingerprint density at radius 2 is 1.71 bits per heavy atom. The van der Waals surface area contributed by atoms with E-state index >= 15 is 0 Å². The lowest BCUT2D eigenvalue weighted by molar-refractivity contribution is -0.138. The summed E-state index contributed by atoms with van der Waals surface area (Å²) in [5, 5.41) is 0. The first-order chi connectivity index (χ1) is 17.2. The highest BCUT2D eigenvalue weighted by Crippen LogP contribution is 2.34. The number of aryl methyl sites for hydroxylation is 1.